The molecule has 0 amide bonds. The van der Waals surface area contributed by atoms with Crippen molar-refractivity contribution in [1.82, 2.24) is 0 Å². The van der Waals surface area contributed by atoms with Gasteiger partial charge in [-0.25, -0.2) is 0 Å². The molecule has 11 heavy (non-hydrogen) atoms. The summed E-state index contributed by atoms with van der Waals surface area (Å²) in [5.74, 6) is 0. The van der Waals surface area contributed by atoms with Crippen LogP contribution in [0.25, 0.3) is 0 Å². The number of nitriles is 1. The van der Waals surface area contributed by atoms with Gasteiger partial charge in [-0.05, 0) is 59.9 Å². The van der Waals surface area contributed by atoms with Crippen molar-refractivity contribution in [3.05, 3.63) is 31.1 Å². The van der Waals surface area contributed by atoms with Crippen LogP contribution >= 0.6 is 47.8 Å². The Labute approximate surface area is 89.8 Å². The quantitative estimate of drug-likeness (QED) is 0.659. The van der Waals surface area contributed by atoms with Crippen LogP contribution in [0.3, 0.4) is 0 Å². The van der Waals surface area contributed by atoms with Gasteiger partial charge in [-0.2, -0.15) is 5.26 Å². The fraction of sp³-hybridized carbons (Fsp3) is 0. The van der Waals surface area contributed by atoms with Gasteiger partial charge in [-0.15, -0.1) is 0 Å². The Balaban J connectivity index is 3.35. The Bertz CT molecular complexity index is 327. The summed E-state index contributed by atoms with van der Waals surface area (Å²) in [5.41, 5.74) is 0.625. The van der Waals surface area contributed by atoms with Crippen LogP contribution in [0.2, 0.25) is 0 Å². The molecular weight excluding hydrogens is 338 g/mol. The number of benzene rings is 1. The molecule has 1 aromatic carbocycles. The number of rotatable bonds is 0. The molecule has 1 nitrogen and oxygen atoms in total. The van der Waals surface area contributed by atoms with E-state index in [9.17, 15) is 0 Å². The molecule has 0 N–H and O–H groups in total. The number of hydrogen-bond acceptors (Lipinski definition) is 1. The predicted octanol–water partition coefficient (Wildman–Crippen LogP) is 3.85. The van der Waals surface area contributed by atoms with Crippen molar-refractivity contribution in [2.24, 2.45) is 0 Å². The van der Waals surface area contributed by atoms with Crippen molar-refractivity contribution in [2.45, 2.75) is 0 Å². The molecule has 1 rings (SSSR count). The average Bonchev–Trinajstić information content (AvgIpc) is 1.97. The second-order valence-corrected chi connectivity index (χ2v) is 4.42. The molecule has 0 aromatic heterocycles. The summed E-state index contributed by atoms with van der Waals surface area (Å²) in [6.07, 6.45) is 0. The number of halogens is 3. The fourth-order valence-corrected chi connectivity index (χ4v) is 2.03. The van der Waals surface area contributed by atoms with E-state index >= 15 is 0 Å². The smallest absolute Gasteiger partial charge is 0.100 e. The first-order valence-electron chi connectivity index (χ1n) is 2.70. The van der Waals surface area contributed by atoms with Crippen molar-refractivity contribution in [3.63, 3.8) is 0 Å². The molecule has 1 aromatic rings. The molecule has 56 valence electrons. The van der Waals surface area contributed by atoms with E-state index in [4.69, 9.17) is 5.26 Å². The summed E-state index contributed by atoms with van der Waals surface area (Å²) < 4.78 is 2.62. The van der Waals surface area contributed by atoms with E-state index in [1.807, 2.05) is 6.07 Å². The van der Waals surface area contributed by atoms with Crippen LogP contribution in [0.15, 0.2) is 25.6 Å². The maximum Gasteiger partial charge on any atom is 0.100 e. The summed E-state index contributed by atoms with van der Waals surface area (Å²) in [6.45, 7) is 0. The fourth-order valence-electron chi connectivity index (χ4n) is 0.608. The van der Waals surface area contributed by atoms with Gasteiger partial charge >= 0.3 is 0 Å². The molecule has 0 spiro atoms. The van der Waals surface area contributed by atoms with Gasteiger partial charge in [-0.1, -0.05) is 0 Å². The van der Waals surface area contributed by atoms with Crippen LogP contribution < -0.4 is 0 Å². The monoisotopic (exact) mass is 337 g/mol. The van der Waals surface area contributed by atoms with Crippen molar-refractivity contribution < 1.29 is 0 Å². The maximum absolute atomic E-state index is 8.62. The highest BCUT2D eigenvalue weighted by atomic mass is 79.9. The van der Waals surface area contributed by atoms with Gasteiger partial charge < -0.3 is 0 Å². The molecule has 4 heteroatoms. The first kappa shape index (κ1) is 9.24. The zero-order valence-electron chi connectivity index (χ0n) is 5.24. The Kier molecular flexibility index (Phi) is 3.11. The van der Waals surface area contributed by atoms with E-state index in [1.165, 1.54) is 0 Å². The van der Waals surface area contributed by atoms with Gasteiger partial charge in [0.15, 0.2) is 0 Å². The van der Waals surface area contributed by atoms with Gasteiger partial charge in [0.1, 0.15) is 6.07 Å². The minimum atomic E-state index is 0.625. The second kappa shape index (κ2) is 3.70. The zero-order chi connectivity index (χ0) is 8.43. The second-order valence-electron chi connectivity index (χ2n) is 1.86. The standard InChI is InChI=1S/C7H2Br3N/c8-5-2-7(10)6(9)1-4(5)3-11/h1-2H. The third-order valence-electron chi connectivity index (χ3n) is 1.13. The van der Waals surface area contributed by atoms with Crippen molar-refractivity contribution in [2.75, 3.05) is 0 Å². The molecule has 0 radical (unpaired) electrons. The van der Waals surface area contributed by atoms with Crippen LogP contribution in [0.5, 0.6) is 0 Å². The summed E-state index contributed by atoms with van der Waals surface area (Å²) in [6, 6.07) is 5.66. The van der Waals surface area contributed by atoms with Gasteiger partial charge in [-0.3, -0.25) is 0 Å². The van der Waals surface area contributed by atoms with Gasteiger partial charge in [0.2, 0.25) is 0 Å². The first-order chi connectivity index (χ1) is 5.15. The molecule has 0 saturated carbocycles. The van der Waals surface area contributed by atoms with E-state index in [-0.39, 0.29) is 0 Å². The van der Waals surface area contributed by atoms with Crippen LogP contribution in [0.1, 0.15) is 5.56 Å². The topological polar surface area (TPSA) is 23.8 Å². The van der Waals surface area contributed by atoms with Crippen LogP contribution in [0.4, 0.5) is 0 Å². The summed E-state index contributed by atoms with van der Waals surface area (Å²) in [7, 11) is 0. The number of hydrogen-bond donors (Lipinski definition) is 0. The lowest BCUT2D eigenvalue weighted by atomic mass is 10.2. The Hall–Kier alpha value is 0.150. The molecule has 0 saturated heterocycles. The lowest BCUT2D eigenvalue weighted by molar-refractivity contribution is 1.44. The molecule has 0 aliphatic rings. The highest BCUT2D eigenvalue weighted by Crippen LogP contribution is 2.29. The average molecular weight is 340 g/mol. The first-order valence-corrected chi connectivity index (χ1v) is 5.07. The molecular formula is C7H2Br3N. The molecule has 0 unspecified atom stereocenters. The van der Waals surface area contributed by atoms with Crippen molar-refractivity contribution in [3.8, 4) is 6.07 Å². The molecule has 0 aliphatic heterocycles. The molecule has 0 heterocycles. The zero-order valence-corrected chi connectivity index (χ0v) is 9.99. The Morgan fingerprint density at radius 3 is 2.09 bits per heavy atom. The number of nitrogens with zero attached hydrogens (tertiary/aromatic N) is 1. The molecule has 0 fully saturated rings. The lowest BCUT2D eigenvalue weighted by Crippen LogP contribution is -1.78. The minimum Gasteiger partial charge on any atom is -0.192 e. The summed E-state index contributed by atoms with van der Waals surface area (Å²) in [5, 5.41) is 8.62. The molecule has 0 atom stereocenters. The largest absolute Gasteiger partial charge is 0.192 e. The van der Waals surface area contributed by atoms with E-state index in [1.54, 1.807) is 6.07 Å². The SMILES string of the molecule is N#Cc1cc(Br)c(Br)cc1Br. The van der Waals surface area contributed by atoms with E-state index < -0.39 is 0 Å². The van der Waals surface area contributed by atoms with E-state index in [2.05, 4.69) is 53.9 Å². The van der Waals surface area contributed by atoms with E-state index in [0.717, 1.165) is 13.4 Å². The van der Waals surface area contributed by atoms with Crippen LogP contribution in [0, 0.1) is 11.3 Å². The normalized spacial score (nSPS) is 9.27. The third-order valence-corrected chi connectivity index (χ3v) is 3.63. The molecule has 0 bridgehead atoms. The lowest BCUT2D eigenvalue weighted by Gasteiger charge is -1.98. The highest BCUT2D eigenvalue weighted by molar-refractivity contribution is 9.13. The Morgan fingerprint density at radius 1 is 1.00 bits per heavy atom. The van der Waals surface area contributed by atoms with Gasteiger partial charge in [0.25, 0.3) is 0 Å². The molecule has 0 aliphatic carbocycles. The third kappa shape index (κ3) is 2.05. The van der Waals surface area contributed by atoms with Crippen molar-refractivity contribution in [1.29, 1.82) is 5.26 Å². The Morgan fingerprint density at radius 2 is 1.55 bits per heavy atom. The maximum atomic E-state index is 8.62. The predicted molar refractivity (Wildman–Crippen MR) is 54.3 cm³/mol. The van der Waals surface area contributed by atoms with E-state index in [0.29, 0.717) is 5.56 Å². The summed E-state index contributed by atoms with van der Waals surface area (Å²) >= 11 is 9.89. The van der Waals surface area contributed by atoms with Crippen LogP contribution in [-0.4, -0.2) is 0 Å². The minimum absolute atomic E-state index is 0.625. The summed E-state index contributed by atoms with van der Waals surface area (Å²) in [4.78, 5) is 0. The van der Waals surface area contributed by atoms with Gasteiger partial charge in [0, 0.05) is 13.4 Å². The van der Waals surface area contributed by atoms with Crippen LogP contribution in [-0.2, 0) is 0 Å². The van der Waals surface area contributed by atoms with Gasteiger partial charge in [0.05, 0.1) is 5.56 Å². The van der Waals surface area contributed by atoms with Crippen molar-refractivity contribution >= 4 is 47.8 Å². The highest BCUT2D eigenvalue weighted by Gasteiger charge is 2.02.